The lowest BCUT2D eigenvalue weighted by molar-refractivity contribution is -0.136. The average molecular weight is 711 g/mol. The Morgan fingerprint density at radius 2 is 1.16 bits per heavy atom. The predicted molar refractivity (Wildman–Crippen MR) is 208 cm³/mol. The molecule has 0 saturated heterocycles. The van der Waals surface area contributed by atoms with E-state index in [1.807, 2.05) is 12.1 Å². The minimum Gasteiger partial charge on any atom is -0.507 e. The maximum Gasteiger partial charge on any atom is 0.303 e. The lowest BCUT2D eigenvalue weighted by Gasteiger charge is -2.28. The van der Waals surface area contributed by atoms with Crippen LogP contribution >= 0.6 is 0 Å². The second-order valence-corrected chi connectivity index (χ2v) is 15.4. The number of carboxylic acid groups (broad SMARTS) is 1. The Labute approximate surface area is 306 Å². The number of aromatic hydroxyl groups is 1. The number of carbonyl (C=O) groups is 1. The van der Waals surface area contributed by atoms with Gasteiger partial charge in [0.25, 0.3) is 0 Å². The van der Waals surface area contributed by atoms with Gasteiger partial charge < -0.3 is 35.4 Å². The highest BCUT2D eigenvalue weighted by molar-refractivity contribution is 5.67. The lowest BCUT2D eigenvalue weighted by Crippen LogP contribution is -2.19. The van der Waals surface area contributed by atoms with E-state index in [0.29, 0.717) is 18.8 Å². The minimum atomic E-state index is -0.798. The van der Waals surface area contributed by atoms with Gasteiger partial charge in [-0.25, -0.2) is 0 Å². The standard InChI is InChI=1S/C21H42O3.C17H26O3.C4H10O2/c1-2-3-4-5-6-7-8-9-10-11-12-13-14-15-16-17-18-24-20-21(23)19-22;1-16(2,3)12-9-11(7-8-14(18)19)10-13(15(12)20)17(4,5)6;5-3-1-2-4-6/h9-10,21-23H,2-8,11-20H2,1H3;9-10,20H,7-8H2,1-6H3,(H,18,19);5-6H,1-4H2/b10-9-;;. The Bertz CT molecular complexity index is 922. The Morgan fingerprint density at radius 3 is 1.56 bits per heavy atom. The monoisotopic (exact) mass is 711 g/mol. The van der Waals surface area contributed by atoms with Gasteiger partial charge >= 0.3 is 5.97 Å². The van der Waals surface area contributed by atoms with E-state index in [2.05, 4.69) is 60.6 Å². The van der Waals surface area contributed by atoms with Crippen LogP contribution in [0.4, 0.5) is 0 Å². The number of aliphatic hydroxyl groups is 4. The van der Waals surface area contributed by atoms with Crippen molar-refractivity contribution in [2.45, 2.75) is 181 Å². The fourth-order valence-electron chi connectivity index (χ4n) is 5.18. The third kappa shape index (κ3) is 29.7. The summed E-state index contributed by atoms with van der Waals surface area (Å²) in [5, 5.41) is 53.3. The van der Waals surface area contributed by atoms with Crippen LogP contribution in [0.3, 0.4) is 0 Å². The van der Waals surface area contributed by atoms with Crippen molar-refractivity contribution in [2.24, 2.45) is 0 Å². The zero-order valence-electron chi connectivity index (χ0n) is 33.1. The molecule has 1 unspecified atom stereocenters. The molecule has 0 aliphatic carbocycles. The highest BCUT2D eigenvalue weighted by atomic mass is 16.5. The molecule has 6 N–H and O–H groups in total. The first kappa shape index (κ1) is 50.1. The number of ether oxygens (including phenoxy) is 1. The summed E-state index contributed by atoms with van der Waals surface area (Å²) in [5.41, 5.74) is 2.38. The van der Waals surface area contributed by atoms with Crippen LogP contribution in [0.5, 0.6) is 5.75 Å². The molecule has 0 radical (unpaired) electrons. The molecule has 0 aliphatic heterocycles. The van der Waals surface area contributed by atoms with Gasteiger partial charge in [0.15, 0.2) is 0 Å². The van der Waals surface area contributed by atoms with Gasteiger partial charge in [-0.15, -0.1) is 0 Å². The van der Waals surface area contributed by atoms with Crippen molar-refractivity contribution in [2.75, 3.05) is 33.0 Å². The van der Waals surface area contributed by atoms with Crippen molar-refractivity contribution in [3.63, 3.8) is 0 Å². The number of hydrogen-bond acceptors (Lipinski definition) is 7. The summed E-state index contributed by atoms with van der Waals surface area (Å²) in [6.45, 7) is 15.7. The van der Waals surface area contributed by atoms with Crippen molar-refractivity contribution in [1.29, 1.82) is 0 Å². The minimum absolute atomic E-state index is 0.109. The molecule has 1 aromatic rings. The summed E-state index contributed by atoms with van der Waals surface area (Å²) in [5.74, 6) is -0.461. The van der Waals surface area contributed by atoms with Crippen LogP contribution < -0.4 is 0 Å². The number of aliphatic hydroxyl groups excluding tert-OH is 4. The molecule has 8 nitrogen and oxygen atoms in total. The molecule has 0 bridgehead atoms. The topological polar surface area (TPSA) is 148 Å². The Morgan fingerprint density at radius 1 is 0.720 bits per heavy atom. The highest BCUT2D eigenvalue weighted by Gasteiger charge is 2.26. The van der Waals surface area contributed by atoms with Crippen LogP contribution in [0.1, 0.15) is 174 Å². The number of aliphatic carboxylic acids is 1. The zero-order chi connectivity index (χ0) is 38.3. The summed E-state index contributed by atoms with van der Waals surface area (Å²) in [6.07, 6.45) is 24.3. The van der Waals surface area contributed by atoms with E-state index in [4.69, 9.17) is 30.3 Å². The smallest absolute Gasteiger partial charge is 0.303 e. The lowest BCUT2D eigenvalue weighted by atomic mass is 9.78. The average Bonchev–Trinajstić information content (AvgIpc) is 3.05. The van der Waals surface area contributed by atoms with Crippen molar-refractivity contribution in [1.82, 2.24) is 0 Å². The first-order valence-electron chi connectivity index (χ1n) is 19.5. The molecule has 1 rings (SSSR count). The van der Waals surface area contributed by atoms with Gasteiger partial charge in [-0.1, -0.05) is 131 Å². The van der Waals surface area contributed by atoms with E-state index in [1.54, 1.807) is 0 Å². The van der Waals surface area contributed by atoms with Crippen LogP contribution in [0.2, 0.25) is 0 Å². The molecule has 0 saturated carbocycles. The molecule has 0 heterocycles. The molecule has 0 aliphatic rings. The normalized spacial score (nSPS) is 12.3. The number of unbranched alkanes of at least 4 members (excludes halogenated alkanes) is 13. The summed E-state index contributed by atoms with van der Waals surface area (Å²) < 4.78 is 5.29. The van der Waals surface area contributed by atoms with E-state index in [9.17, 15) is 9.90 Å². The number of allylic oxidation sites excluding steroid dienone is 2. The fourth-order valence-corrected chi connectivity index (χ4v) is 5.18. The number of aryl methyl sites for hydroxylation is 1. The number of phenolic OH excluding ortho intramolecular Hbond substituents is 1. The van der Waals surface area contributed by atoms with Gasteiger partial charge in [-0.2, -0.15) is 0 Å². The molecule has 1 atom stereocenters. The molecular formula is C42H78O8. The summed E-state index contributed by atoms with van der Waals surface area (Å²) in [6, 6.07) is 3.88. The van der Waals surface area contributed by atoms with Crippen molar-refractivity contribution >= 4 is 5.97 Å². The van der Waals surface area contributed by atoms with Crippen molar-refractivity contribution < 1.29 is 40.2 Å². The largest absolute Gasteiger partial charge is 0.507 e. The molecule has 1 aromatic carbocycles. The molecular weight excluding hydrogens is 632 g/mol. The van der Waals surface area contributed by atoms with Crippen LogP contribution in [-0.2, 0) is 26.8 Å². The van der Waals surface area contributed by atoms with Gasteiger partial charge in [-0.05, 0) is 78.9 Å². The van der Waals surface area contributed by atoms with Gasteiger partial charge in [0.05, 0.1) is 13.2 Å². The Hall–Kier alpha value is -1.97. The van der Waals surface area contributed by atoms with Gasteiger partial charge in [0.1, 0.15) is 11.9 Å². The quantitative estimate of drug-likeness (QED) is 0.0435. The van der Waals surface area contributed by atoms with Gasteiger partial charge in [-0.3, -0.25) is 4.79 Å². The van der Waals surface area contributed by atoms with Gasteiger partial charge in [0.2, 0.25) is 0 Å². The number of rotatable bonds is 25. The third-order valence-electron chi connectivity index (χ3n) is 8.30. The summed E-state index contributed by atoms with van der Waals surface area (Å²) in [4.78, 5) is 10.8. The third-order valence-corrected chi connectivity index (χ3v) is 8.30. The van der Waals surface area contributed by atoms with Crippen LogP contribution in [0, 0.1) is 0 Å². The van der Waals surface area contributed by atoms with Crippen molar-refractivity contribution in [3.05, 3.63) is 41.0 Å². The van der Waals surface area contributed by atoms with E-state index >= 15 is 0 Å². The molecule has 0 aromatic heterocycles. The summed E-state index contributed by atoms with van der Waals surface area (Å²) in [7, 11) is 0. The molecule has 50 heavy (non-hydrogen) atoms. The molecule has 294 valence electrons. The molecule has 8 heteroatoms. The number of phenols is 1. The second-order valence-electron chi connectivity index (χ2n) is 15.4. The number of hydrogen-bond donors (Lipinski definition) is 6. The molecule has 0 amide bonds. The molecule has 0 fully saturated rings. The SMILES string of the molecule is CC(C)(C)c1cc(CCC(=O)O)cc(C(C)(C)C)c1O.CCCCCCCC/C=C\CCCCCCCCOCC(O)CO.OCCCCO. The van der Waals surface area contributed by atoms with Gasteiger partial charge in [0, 0.05) is 26.2 Å². The zero-order valence-corrected chi connectivity index (χ0v) is 33.1. The van der Waals surface area contributed by atoms with Crippen LogP contribution in [0.25, 0.3) is 0 Å². The van der Waals surface area contributed by atoms with E-state index in [0.717, 1.165) is 36.0 Å². The van der Waals surface area contributed by atoms with Crippen LogP contribution in [-0.4, -0.2) is 75.7 Å². The Balaban J connectivity index is 0. The highest BCUT2D eigenvalue weighted by Crippen LogP contribution is 2.40. The van der Waals surface area contributed by atoms with E-state index in [1.165, 1.54) is 83.5 Å². The second kappa shape index (κ2) is 31.7. The first-order valence-corrected chi connectivity index (χ1v) is 19.5. The number of benzene rings is 1. The van der Waals surface area contributed by atoms with Crippen LogP contribution in [0.15, 0.2) is 24.3 Å². The molecule has 0 spiro atoms. The fraction of sp³-hybridized carbons (Fsp3) is 0.786. The number of carboxylic acids is 1. The first-order chi connectivity index (χ1) is 23.6. The van der Waals surface area contributed by atoms with E-state index < -0.39 is 12.1 Å². The summed E-state index contributed by atoms with van der Waals surface area (Å²) >= 11 is 0. The Kier molecular flexibility index (Phi) is 31.8. The predicted octanol–water partition coefficient (Wildman–Crippen LogP) is 9.15. The van der Waals surface area contributed by atoms with E-state index in [-0.39, 0.29) is 43.7 Å². The maximum atomic E-state index is 10.8. The van der Waals surface area contributed by atoms with Crippen molar-refractivity contribution in [3.8, 4) is 5.75 Å². The maximum absolute atomic E-state index is 10.8.